The summed E-state index contributed by atoms with van der Waals surface area (Å²) in [6.45, 7) is 13.4. The highest BCUT2D eigenvalue weighted by Gasteiger charge is 2.48. The minimum Gasteiger partial charge on any atom is -0.481 e. The van der Waals surface area contributed by atoms with Crippen LogP contribution in [0.15, 0.2) is 66.1 Å². The molecular weight excluding hydrogens is 1170 g/mol. The number of likely N-dealkylation sites (N-methyl/N-ethyl adjacent to an activating group) is 2. The molecule has 1 aromatic heterocycles. The lowest BCUT2D eigenvalue weighted by Gasteiger charge is -2.39. The number of nitrogens with one attached hydrogen (secondary N) is 4. The number of amides is 7. The van der Waals surface area contributed by atoms with E-state index >= 15 is 0 Å². The first-order chi connectivity index (χ1) is 42.1. The van der Waals surface area contributed by atoms with E-state index in [0.717, 1.165) is 30.6 Å². The van der Waals surface area contributed by atoms with Crippen LogP contribution in [0.3, 0.4) is 0 Å². The summed E-state index contributed by atoms with van der Waals surface area (Å²) in [6, 6.07) is 10.8. The zero-order valence-corrected chi connectivity index (χ0v) is 53.0. The Morgan fingerprint density at radius 1 is 0.876 bits per heavy atom. The van der Waals surface area contributed by atoms with E-state index in [-0.39, 0.29) is 71.8 Å². The van der Waals surface area contributed by atoms with Gasteiger partial charge in [0.15, 0.2) is 12.6 Å². The molecule has 89 heavy (non-hydrogen) atoms. The summed E-state index contributed by atoms with van der Waals surface area (Å²) in [5.41, 5.74) is 7.36. The van der Waals surface area contributed by atoms with E-state index in [4.69, 9.17) is 24.9 Å². The fraction of sp³-hybridized carbons (Fsp3) is 0.581. The summed E-state index contributed by atoms with van der Waals surface area (Å²) in [5, 5.41) is 64.7. The first-order valence-corrected chi connectivity index (χ1v) is 31.1. The summed E-state index contributed by atoms with van der Waals surface area (Å²) in [7, 11) is 3.58. The lowest BCUT2D eigenvalue weighted by molar-refractivity contribution is -0.915. The Balaban J connectivity index is 1.36. The minimum absolute atomic E-state index is 0.0317. The second kappa shape index (κ2) is 34.1. The maximum absolute atomic E-state index is 14.9. The molecule has 13 atom stereocenters. The van der Waals surface area contributed by atoms with Crippen LogP contribution >= 0.6 is 11.3 Å². The highest BCUT2D eigenvalue weighted by molar-refractivity contribution is 7.09. The van der Waals surface area contributed by atoms with Gasteiger partial charge < -0.3 is 76.1 Å². The molecule has 0 bridgehead atoms. The number of aliphatic hydroxyl groups is 3. The molecule has 0 radical (unpaired) electrons. The second-order valence-electron chi connectivity index (χ2n) is 23.5. The summed E-state index contributed by atoms with van der Waals surface area (Å²) in [6.07, 6.45) is -5.01. The van der Waals surface area contributed by atoms with Crippen LogP contribution in [0.25, 0.3) is 0 Å². The van der Waals surface area contributed by atoms with E-state index in [1.54, 1.807) is 30.3 Å². The summed E-state index contributed by atoms with van der Waals surface area (Å²) in [4.78, 5) is 125. The second-order valence-corrected chi connectivity index (χ2v) is 24.4. The molecule has 1 unspecified atom stereocenters. The number of aromatic nitrogens is 1. The Morgan fingerprint density at radius 2 is 1.56 bits per heavy atom. The first-order valence-electron chi connectivity index (χ1n) is 30.2. The fourth-order valence-corrected chi connectivity index (χ4v) is 11.7. The molecule has 27 heteroatoms. The van der Waals surface area contributed by atoms with Crippen LogP contribution in [0.1, 0.15) is 126 Å². The molecule has 0 spiro atoms. The van der Waals surface area contributed by atoms with Gasteiger partial charge in [0, 0.05) is 74.8 Å². The van der Waals surface area contributed by atoms with Gasteiger partial charge in [-0.3, -0.25) is 43.3 Å². The molecule has 0 saturated carbocycles. The van der Waals surface area contributed by atoms with Crippen molar-refractivity contribution in [2.24, 2.45) is 23.5 Å². The van der Waals surface area contributed by atoms with Gasteiger partial charge in [-0.1, -0.05) is 84.7 Å². The molecule has 7 amide bonds. The molecule has 1 fully saturated rings. The zero-order chi connectivity index (χ0) is 65.9. The SMILES string of the molecule is CCCCC[N+](C)(CC(=O)N[C@H](C(=O)N(C)[C@H](C[C@@H](OCC)c1nc(C(=O)N[C@@H](Cc2ccccc2)C[C@H](C)C(=O)O)cs1)C(C)C)[C@@H](C)CC)Cc1ccc(O[C@@H]2O[C@H](C(=O)O)[C@@H](O)[C@H](O)[C@H]2O)c(NC(=O)CCNC(=O)[C@H](CN)N2C(=O)C=CC2=O)c1. The van der Waals surface area contributed by atoms with Crippen LogP contribution in [-0.4, -0.2) is 200 Å². The van der Waals surface area contributed by atoms with Crippen molar-refractivity contribution in [2.75, 3.05) is 52.2 Å². The molecule has 0 aliphatic carbocycles. The van der Waals surface area contributed by atoms with Gasteiger partial charge in [-0.2, -0.15) is 0 Å². The van der Waals surface area contributed by atoms with Gasteiger partial charge in [0.05, 0.1) is 25.2 Å². The van der Waals surface area contributed by atoms with Crippen molar-refractivity contribution < 1.29 is 87.4 Å². The number of unbranched alkanes of at least 4 members (excludes halogenated alkanes) is 2. The van der Waals surface area contributed by atoms with Crippen LogP contribution in [0.4, 0.5) is 5.69 Å². The van der Waals surface area contributed by atoms with E-state index in [9.17, 15) is 68.7 Å². The number of aliphatic carboxylic acids is 2. The van der Waals surface area contributed by atoms with Gasteiger partial charge in [-0.25, -0.2) is 9.78 Å². The Morgan fingerprint density at radius 3 is 2.17 bits per heavy atom. The Labute approximate surface area is 523 Å². The van der Waals surface area contributed by atoms with Gasteiger partial charge in [-0.05, 0) is 68.2 Å². The van der Waals surface area contributed by atoms with E-state index in [2.05, 4.69) is 21.3 Å². The Kier molecular flexibility index (Phi) is 27.8. The number of carbonyl (C=O) groups is 9. The number of rotatable bonds is 36. The summed E-state index contributed by atoms with van der Waals surface area (Å²) in [5.74, 6) is -8.07. The molecule has 26 nitrogen and oxygen atoms in total. The zero-order valence-electron chi connectivity index (χ0n) is 52.2. The van der Waals surface area contributed by atoms with Crippen LogP contribution < -0.4 is 31.7 Å². The monoisotopic (exact) mass is 1260 g/mol. The van der Waals surface area contributed by atoms with Gasteiger partial charge in [0.2, 0.25) is 24.0 Å². The molecule has 2 aromatic carbocycles. The molecule has 3 aromatic rings. The molecule has 5 rings (SSSR count). The van der Waals surface area contributed by atoms with Gasteiger partial charge in [0.1, 0.15) is 59.5 Å². The van der Waals surface area contributed by atoms with Gasteiger partial charge in [0.25, 0.3) is 23.6 Å². The van der Waals surface area contributed by atoms with Crippen LogP contribution in [-0.2, 0) is 60.8 Å². The average Bonchev–Trinajstić information content (AvgIpc) is 4.16. The number of quaternary nitrogens is 1. The number of thiazole rings is 1. The largest absolute Gasteiger partial charge is 0.481 e. The number of aliphatic hydroxyl groups excluding tert-OH is 3. The van der Waals surface area contributed by atoms with Crippen LogP contribution in [0, 0.1) is 17.8 Å². The Hall–Kier alpha value is -7.24. The number of anilines is 1. The standard InChI is InChI=1S/C62H89N9O17S/c1-10-13-17-26-71(9,32-39-20-21-45(87-62-54(78)52(76)53(77)55(88-62)61(84)85)41(29-39)66-47(72)24-25-64-57(80)44(31-63)70-49(74)22-23-50(70)75)33-48(73)68-51(36(6)11-2)59(81)69(8)43(35(4)5)30-46(86-12-3)58-67-42(34-89-58)56(79)65-40(27-37(7)60(82)83)28-38-18-15-14-16-19-38/h14-16,18-23,29,34-37,40,43-44,46,51-55,62,76-78H,10-13,17,24-28,30-33,63H2,1-9H3,(H5-,64,65,66,68,72,73,79,80,82,83,84,85)/p+1/t36-,37-,40+,43+,44-,46+,51-,52-,53-,54+,55-,62+,71?/m0/s1. The highest BCUT2D eigenvalue weighted by Crippen LogP contribution is 2.34. The molecule has 2 aliphatic rings. The van der Waals surface area contributed by atoms with Crippen LogP contribution in [0.5, 0.6) is 5.75 Å². The van der Waals surface area contributed by atoms with Crippen LogP contribution in [0.2, 0.25) is 0 Å². The molecule has 11 N–H and O–H groups in total. The fourth-order valence-electron chi connectivity index (χ4n) is 10.8. The third-order valence-electron chi connectivity index (χ3n) is 16.1. The number of ether oxygens (including phenoxy) is 3. The van der Waals surface area contributed by atoms with E-state index in [1.165, 1.54) is 23.5 Å². The third kappa shape index (κ3) is 20.4. The number of carboxylic acids is 2. The minimum atomic E-state index is -2.02. The maximum Gasteiger partial charge on any atom is 0.335 e. The maximum atomic E-state index is 14.9. The normalized spacial score (nSPS) is 20.5. The van der Waals surface area contributed by atoms with E-state index in [1.807, 2.05) is 78.9 Å². The number of nitrogens with zero attached hydrogens (tertiary/aromatic N) is 4. The third-order valence-corrected chi connectivity index (χ3v) is 17.0. The smallest absolute Gasteiger partial charge is 0.335 e. The number of carboxylic acid groups (broad SMARTS) is 2. The lowest BCUT2D eigenvalue weighted by Crippen LogP contribution is -2.61. The molecule has 2 aliphatic heterocycles. The highest BCUT2D eigenvalue weighted by atomic mass is 32.1. The molecule has 3 heterocycles. The summed E-state index contributed by atoms with van der Waals surface area (Å²) >= 11 is 1.25. The number of hydrogen-bond acceptors (Lipinski definition) is 18. The average molecular weight is 1270 g/mol. The first kappa shape index (κ1) is 72.5. The Bertz CT molecular complexity index is 2930. The quantitative estimate of drug-likeness (QED) is 0.0227. The number of carbonyl (C=O) groups excluding carboxylic acids is 7. The number of benzene rings is 2. The molecule has 1 saturated heterocycles. The van der Waals surface area contributed by atoms with Crippen molar-refractivity contribution in [2.45, 2.75) is 167 Å². The van der Waals surface area contributed by atoms with Crippen molar-refractivity contribution in [1.29, 1.82) is 0 Å². The molecule has 490 valence electrons. The lowest BCUT2D eigenvalue weighted by atomic mass is 9.93. The van der Waals surface area contributed by atoms with E-state index in [0.29, 0.717) is 54.3 Å². The number of hydrogen-bond donors (Lipinski definition) is 10. The number of nitrogens with two attached hydrogens (primary N) is 1. The van der Waals surface area contributed by atoms with Crippen molar-refractivity contribution in [1.82, 2.24) is 30.7 Å². The summed E-state index contributed by atoms with van der Waals surface area (Å²) < 4.78 is 17.7. The van der Waals surface area contributed by atoms with Crippen molar-refractivity contribution in [3.05, 3.63) is 87.9 Å². The topological polar surface area (TPSA) is 376 Å². The van der Waals surface area contributed by atoms with Crippen molar-refractivity contribution in [3.8, 4) is 5.75 Å². The van der Waals surface area contributed by atoms with Gasteiger partial charge >= 0.3 is 11.9 Å². The molecular formula is C62H90N9O17S+. The van der Waals surface area contributed by atoms with Crippen molar-refractivity contribution >= 4 is 70.3 Å². The predicted octanol–water partition coefficient (Wildman–Crippen LogP) is 2.88. The predicted molar refractivity (Wildman–Crippen MR) is 327 cm³/mol. The van der Waals surface area contributed by atoms with E-state index < -0.39 is 121 Å². The number of imide groups is 1. The van der Waals surface area contributed by atoms with Gasteiger partial charge in [-0.15, -0.1) is 11.3 Å². The van der Waals surface area contributed by atoms with Crippen molar-refractivity contribution in [3.63, 3.8) is 0 Å².